The molecule has 0 saturated carbocycles. The van der Waals surface area contributed by atoms with Crippen LogP contribution in [0.3, 0.4) is 0 Å². The summed E-state index contributed by atoms with van der Waals surface area (Å²) in [5, 5.41) is 33.8. The van der Waals surface area contributed by atoms with Gasteiger partial charge in [-0.05, 0) is 71.8 Å². The first-order valence-corrected chi connectivity index (χ1v) is 16.3. The maximum Gasteiger partial charge on any atom is 0.101 e. The molecule has 0 atom stereocenters. The van der Waals surface area contributed by atoms with Crippen molar-refractivity contribution in [1.82, 2.24) is 9.13 Å². The molecule has 0 unspecified atom stereocenters. The molecule has 0 aliphatic rings. The van der Waals surface area contributed by atoms with E-state index < -0.39 is 0 Å². The molecule has 0 radical (unpaired) electrons. The molecule has 0 spiro atoms. The molecule has 0 bridgehead atoms. The average Bonchev–Trinajstić information content (AvgIpc) is 3.70. The Kier molecular flexibility index (Phi) is 6.56. The first-order valence-electron chi connectivity index (χ1n) is 16.3. The summed E-state index contributed by atoms with van der Waals surface area (Å²) in [5.74, 6) is 0. The lowest BCUT2D eigenvalue weighted by Crippen LogP contribution is -1.99. The smallest absolute Gasteiger partial charge is 0.101 e. The van der Waals surface area contributed by atoms with E-state index in [4.69, 9.17) is 0 Å². The summed E-state index contributed by atoms with van der Waals surface area (Å²) in [7, 11) is 0. The van der Waals surface area contributed by atoms with Gasteiger partial charge in [-0.25, -0.2) is 0 Å². The van der Waals surface area contributed by atoms with Crippen LogP contribution in [0.25, 0.3) is 77.2 Å². The molecule has 0 aliphatic heterocycles. The van der Waals surface area contributed by atoms with Gasteiger partial charge >= 0.3 is 0 Å². The molecule has 0 amide bonds. The maximum atomic E-state index is 10.2. The summed E-state index contributed by atoms with van der Waals surface area (Å²) in [6.45, 7) is 0. The maximum absolute atomic E-state index is 10.2. The summed E-state index contributed by atoms with van der Waals surface area (Å²) in [6, 6.07) is 57.8. The fourth-order valence-electron chi connectivity index (χ4n) is 7.51. The third-order valence-corrected chi connectivity index (χ3v) is 9.64. The van der Waals surface area contributed by atoms with Gasteiger partial charge in [0.05, 0.1) is 56.6 Å². The van der Waals surface area contributed by atoms with Crippen LogP contribution in [0.5, 0.6) is 0 Å². The SMILES string of the molecule is N#Cc1ccc(-n2c3ccc(C#N)cc3c3cccc(-c4ccccc4-c4cccc5c6ccccc6n(-c6ccccc6C#N)c45)c32)cc1. The third kappa shape index (κ3) is 4.24. The van der Waals surface area contributed by atoms with Crippen molar-refractivity contribution in [3.8, 4) is 51.8 Å². The Morgan fingerprint density at radius 2 is 0.920 bits per heavy atom. The van der Waals surface area contributed by atoms with Gasteiger partial charge in [-0.2, -0.15) is 15.8 Å². The highest BCUT2D eigenvalue weighted by Crippen LogP contribution is 2.45. The summed E-state index contributed by atoms with van der Waals surface area (Å²) in [5.41, 5.74) is 11.8. The van der Waals surface area contributed by atoms with E-state index in [0.29, 0.717) is 16.7 Å². The predicted octanol–water partition coefficient (Wildman–Crippen LogP) is 10.8. The number of nitrogens with zero attached hydrogens (tertiary/aromatic N) is 5. The van der Waals surface area contributed by atoms with Crippen molar-refractivity contribution in [1.29, 1.82) is 15.8 Å². The van der Waals surface area contributed by atoms with Gasteiger partial charge in [0.15, 0.2) is 0 Å². The summed E-state index contributed by atoms with van der Waals surface area (Å²) in [4.78, 5) is 0. The Labute approximate surface area is 287 Å². The number of hydrogen-bond donors (Lipinski definition) is 0. The van der Waals surface area contributed by atoms with E-state index >= 15 is 0 Å². The highest BCUT2D eigenvalue weighted by molar-refractivity contribution is 6.17. The molecule has 7 aromatic carbocycles. The number of fused-ring (bicyclic) bond motifs is 6. The fraction of sp³-hybridized carbons (Fsp3) is 0. The van der Waals surface area contributed by atoms with E-state index in [1.54, 1.807) is 0 Å². The molecule has 0 fully saturated rings. The topological polar surface area (TPSA) is 81.2 Å². The van der Waals surface area contributed by atoms with E-state index in [9.17, 15) is 15.8 Å². The summed E-state index contributed by atoms with van der Waals surface area (Å²) in [6.07, 6.45) is 0. The zero-order chi connectivity index (χ0) is 33.8. The molecule has 0 saturated heterocycles. The molecule has 5 heteroatoms. The molecule has 2 heterocycles. The molecule has 0 N–H and O–H groups in total. The number of aromatic nitrogens is 2. The lowest BCUT2D eigenvalue weighted by atomic mass is 9.92. The Morgan fingerprint density at radius 1 is 0.380 bits per heavy atom. The Bertz CT molecular complexity index is 2960. The molecular weight excluding hydrogens is 611 g/mol. The van der Waals surface area contributed by atoms with Crippen molar-refractivity contribution in [2.75, 3.05) is 0 Å². The number of hydrogen-bond acceptors (Lipinski definition) is 3. The van der Waals surface area contributed by atoms with Crippen LogP contribution >= 0.6 is 0 Å². The standard InChI is InChI=1S/C45H25N5/c46-26-29-19-22-32(23-20-29)49-43-24-21-30(27-47)25-40(43)39-16-8-13-36(44(39)49)33-10-2-3-11-34(33)37-14-7-15-38-35-12-4-6-18-42(35)50(45(37)38)41-17-5-1-9-31(41)28-48/h1-25H. The molecule has 2 aromatic heterocycles. The van der Waals surface area contributed by atoms with Crippen LogP contribution in [-0.4, -0.2) is 9.13 Å². The van der Waals surface area contributed by atoms with Gasteiger partial charge in [-0.15, -0.1) is 0 Å². The monoisotopic (exact) mass is 635 g/mol. The largest absolute Gasteiger partial charge is 0.309 e. The second kappa shape index (κ2) is 11.4. The van der Waals surface area contributed by atoms with Crippen LogP contribution in [0.15, 0.2) is 152 Å². The minimum Gasteiger partial charge on any atom is -0.309 e. The molecule has 9 aromatic rings. The van der Waals surface area contributed by atoms with Crippen molar-refractivity contribution >= 4 is 43.6 Å². The van der Waals surface area contributed by atoms with Gasteiger partial charge in [-0.3, -0.25) is 0 Å². The van der Waals surface area contributed by atoms with Crippen molar-refractivity contribution in [3.63, 3.8) is 0 Å². The number of rotatable bonds is 4. The zero-order valence-corrected chi connectivity index (χ0v) is 26.7. The van der Waals surface area contributed by atoms with Crippen molar-refractivity contribution < 1.29 is 0 Å². The van der Waals surface area contributed by atoms with Crippen LogP contribution in [0, 0.1) is 34.0 Å². The van der Waals surface area contributed by atoms with Gasteiger partial charge in [0, 0.05) is 38.4 Å². The second-order valence-electron chi connectivity index (χ2n) is 12.3. The molecule has 5 nitrogen and oxygen atoms in total. The average molecular weight is 636 g/mol. The summed E-state index contributed by atoms with van der Waals surface area (Å²) < 4.78 is 4.47. The quantitative estimate of drug-likeness (QED) is 0.193. The van der Waals surface area contributed by atoms with E-state index in [-0.39, 0.29) is 0 Å². The summed E-state index contributed by atoms with van der Waals surface area (Å²) >= 11 is 0. The molecule has 0 aliphatic carbocycles. The van der Waals surface area contributed by atoms with Gasteiger partial charge in [0.1, 0.15) is 6.07 Å². The molecular formula is C45H25N5. The minimum absolute atomic E-state index is 0.591. The van der Waals surface area contributed by atoms with Gasteiger partial charge in [0.2, 0.25) is 0 Å². The van der Waals surface area contributed by atoms with E-state index in [1.165, 1.54) is 0 Å². The van der Waals surface area contributed by atoms with Crippen molar-refractivity contribution in [2.24, 2.45) is 0 Å². The van der Waals surface area contributed by atoms with Gasteiger partial charge in [-0.1, -0.05) is 91.0 Å². The van der Waals surface area contributed by atoms with Crippen LogP contribution < -0.4 is 0 Å². The highest BCUT2D eigenvalue weighted by Gasteiger charge is 2.22. The number of nitriles is 3. The predicted molar refractivity (Wildman–Crippen MR) is 200 cm³/mol. The van der Waals surface area contributed by atoms with E-state index in [1.807, 2.05) is 72.8 Å². The van der Waals surface area contributed by atoms with Crippen LogP contribution in [0.4, 0.5) is 0 Å². The van der Waals surface area contributed by atoms with Gasteiger partial charge in [0.25, 0.3) is 0 Å². The lowest BCUT2D eigenvalue weighted by Gasteiger charge is -2.17. The third-order valence-electron chi connectivity index (χ3n) is 9.64. The zero-order valence-electron chi connectivity index (χ0n) is 26.7. The molecule has 50 heavy (non-hydrogen) atoms. The van der Waals surface area contributed by atoms with Crippen molar-refractivity contribution in [2.45, 2.75) is 0 Å². The number of benzene rings is 7. The highest BCUT2D eigenvalue weighted by atomic mass is 15.0. The fourth-order valence-corrected chi connectivity index (χ4v) is 7.51. The lowest BCUT2D eigenvalue weighted by molar-refractivity contribution is 1.17. The van der Waals surface area contributed by atoms with Crippen LogP contribution in [0.1, 0.15) is 16.7 Å². The van der Waals surface area contributed by atoms with Crippen LogP contribution in [0.2, 0.25) is 0 Å². The van der Waals surface area contributed by atoms with Crippen molar-refractivity contribution in [3.05, 3.63) is 168 Å². The number of para-hydroxylation sites is 4. The van der Waals surface area contributed by atoms with Crippen LogP contribution in [-0.2, 0) is 0 Å². The van der Waals surface area contributed by atoms with E-state index in [2.05, 4.69) is 106 Å². The first-order chi connectivity index (χ1) is 24.7. The van der Waals surface area contributed by atoms with Gasteiger partial charge < -0.3 is 9.13 Å². The Balaban J connectivity index is 1.40. The first kappa shape index (κ1) is 28.8. The molecule has 230 valence electrons. The molecule has 9 rings (SSSR count). The van der Waals surface area contributed by atoms with E-state index in [0.717, 1.165) is 77.2 Å². The Morgan fingerprint density at radius 3 is 1.62 bits per heavy atom. The normalized spacial score (nSPS) is 11.1. The minimum atomic E-state index is 0.591. The Hall–Kier alpha value is -7.39. The second-order valence-corrected chi connectivity index (χ2v) is 12.3.